The van der Waals surface area contributed by atoms with E-state index in [0.29, 0.717) is 0 Å². The van der Waals surface area contributed by atoms with Crippen molar-refractivity contribution >= 4 is 60.1 Å². The Morgan fingerprint density at radius 2 is 0.952 bits per heavy atom. The van der Waals surface area contributed by atoms with Crippen LogP contribution in [0.15, 0.2) is 0 Å². The Labute approximate surface area is 146 Å². The van der Waals surface area contributed by atoms with Crippen LogP contribution in [0, 0.1) is 0 Å². The highest BCUT2D eigenvalue weighted by Gasteiger charge is 2.74. The topological polar surface area (TPSA) is 6.02 Å². The average molecular weight is 392 g/mol. The van der Waals surface area contributed by atoms with Gasteiger partial charge in [-0.05, 0) is 11.5 Å². The minimum Gasteiger partial charge on any atom is -0.393 e. The molecule has 0 saturated carbocycles. The quantitative estimate of drug-likeness (QED) is 0.405. The van der Waals surface area contributed by atoms with E-state index in [4.69, 9.17) is 34.4 Å². The van der Waals surface area contributed by atoms with Gasteiger partial charge in [-0.15, -0.1) is 0 Å². The molecule has 1 saturated heterocycles. The van der Waals surface area contributed by atoms with Gasteiger partial charge in [-0.3, -0.25) is 0 Å². The van der Waals surface area contributed by atoms with Crippen LogP contribution in [0.5, 0.6) is 0 Å². The summed E-state index contributed by atoms with van der Waals surface area (Å²) >= 11 is 20.7. The highest BCUT2D eigenvalue weighted by atomic mass is 35.5. The van der Waals surface area contributed by atoms with Crippen LogP contribution in [0.25, 0.3) is 0 Å². The maximum Gasteiger partial charge on any atom is 0.845 e. The lowest BCUT2D eigenvalue weighted by molar-refractivity contribution is -0.483. The number of rotatable bonds is 6. The van der Waals surface area contributed by atoms with Crippen LogP contribution in [0.1, 0.15) is 41.5 Å². The molecule has 1 fully saturated rings. The van der Waals surface area contributed by atoms with Crippen molar-refractivity contribution < 1.29 is 8.30 Å². The van der Waals surface area contributed by atoms with Crippen LogP contribution in [0.4, 0.5) is 0 Å². The molecule has 21 heavy (non-hydrogen) atoms. The van der Waals surface area contributed by atoms with Gasteiger partial charge in [0.05, 0.1) is 0 Å². The SMILES string of the molecule is CCP(CC)(CC)=[N+]1B(Cl)[N+](=P(CC)(CC)CC)[B-]1(Cl)Cl. The van der Waals surface area contributed by atoms with Crippen LogP contribution < -0.4 is 0 Å². The molecular weight excluding hydrogens is 362 g/mol. The standard InChI is InChI=1S/C12H30B2Cl3N2P2/c1-7-20(8-2,9-3)18-13(15)19(14(18,16)17)21(10-4,11-5)12-6/h7-12H2,1-6H3/q+1. The van der Waals surface area contributed by atoms with Gasteiger partial charge in [-0.25, -0.2) is 0 Å². The molecule has 0 aromatic carbocycles. The molecule has 0 unspecified atom stereocenters. The lowest BCUT2D eigenvalue weighted by atomic mass is 9.80. The summed E-state index contributed by atoms with van der Waals surface area (Å²) in [5, 5.41) is -1.67. The summed E-state index contributed by atoms with van der Waals surface area (Å²) in [4.78, 5) is 0. The van der Waals surface area contributed by atoms with Gasteiger partial charge in [-0.1, -0.05) is 41.5 Å². The molecule has 0 aliphatic carbocycles. The molecule has 0 spiro atoms. The first-order chi connectivity index (χ1) is 9.76. The van der Waals surface area contributed by atoms with Crippen LogP contribution in [0.3, 0.4) is 0 Å². The summed E-state index contributed by atoms with van der Waals surface area (Å²) in [6, 6.07) is 0. The van der Waals surface area contributed by atoms with Crippen LogP contribution in [-0.4, -0.2) is 56.9 Å². The predicted molar refractivity (Wildman–Crippen MR) is 107 cm³/mol. The van der Waals surface area contributed by atoms with Crippen LogP contribution in [0.2, 0.25) is 0 Å². The smallest absolute Gasteiger partial charge is 0.393 e. The van der Waals surface area contributed by atoms with Crippen molar-refractivity contribution in [2.45, 2.75) is 41.5 Å². The molecule has 2 nitrogen and oxygen atoms in total. The van der Waals surface area contributed by atoms with Crippen molar-refractivity contribution in [3.8, 4) is 0 Å². The molecule has 0 N–H and O–H groups in total. The van der Waals surface area contributed by atoms with Gasteiger partial charge in [0.2, 0.25) is 0 Å². The molecule has 1 aliphatic heterocycles. The minimum atomic E-state index is -1.67. The van der Waals surface area contributed by atoms with Crippen molar-refractivity contribution in [3.63, 3.8) is 0 Å². The van der Waals surface area contributed by atoms with Gasteiger partial charge < -0.3 is 8.30 Å². The molecule has 0 radical (unpaired) electrons. The zero-order chi connectivity index (χ0) is 16.5. The Morgan fingerprint density at radius 1 is 0.714 bits per heavy atom. The Kier molecular flexibility index (Phi) is 7.39. The Balaban J connectivity index is 3.67. The molecule has 0 atom stereocenters. The van der Waals surface area contributed by atoms with Gasteiger partial charge in [-0.2, -0.15) is 22.9 Å². The van der Waals surface area contributed by atoms with E-state index < -0.39 is 19.4 Å². The summed E-state index contributed by atoms with van der Waals surface area (Å²) < 4.78 is 4.63. The van der Waals surface area contributed by atoms with E-state index in [2.05, 4.69) is 49.8 Å². The van der Waals surface area contributed by atoms with Gasteiger partial charge >= 0.3 is 11.6 Å². The lowest BCUT2D eigenvalue weighted by Gasteiger charge is -2.46. The fourth-order valence-corrected chi connectivity index (χ4v) is 15.3. The number of hydrogen-bond acceptors (Lipinski definition) is 0. The van der Waals surface area contributed by atoms with E-state index in [1.54, 1.807) is 0 Å². The first-order valence-corrected chi connectivity index (χ1v) is 14.1. The van der Waals surface area contributed by atoms with E-state index in [0.717, 1.165) is 37.0 Å². The van der Waals surface area contributed by atoms with Crippen molar-refractivity contribution in [1.82, 2.24) is 0 Å². The molecule has 1 aliphatic rings. The maximum absolute atomic E-state index is 6.92. The van der Waals surface area contributed by atoms with Gasteiger partial charge in [0.25, 0.3) is 0 Å². The molecule has 0 aromatic rings. The van der Waals surface area contributed by atoms with E-state index in [9.17, 15) is 0 Å². The molecule has 0 amide bonds. The Hall–Kier alpha value is 1.46. The Bertz CT molecular complexity index is 429. The fraction of sp³-hybridized carbons (Fsp3) is 1.00. The molecule has 1 rings (SSSR count). The molecule has 1 heterocycles. The summed E-state index contributed by atoms with van der Waals surface area (Å²) in [6.45, 7) is 13.6. The summed E-state index contributed by atoms with van der Waals surface area (Å²) in [7, 11) is -2.64. The maximum atomic E-state index is 6.92. The van der Waals surface area contributed by atoms with Gasteiger partial charge in [0, 0.05) is 51.1 Å². The second-order valence-corrected chi connectivity index (χ2v) is 16.7. The van der Waals surface area contributed by atoms with Crippen molar-refractivity contribution in [3.05, 3.63) is 0 Å². The van der Waals surface area contributed by atoms with E-state index in [1.807, 2.05) is 0 Å². The van der Waals surface area contributed by atoms with Crippen molar-refractivity contribution in [2.75, 3.05) is 37.0 Å². The molecule has 0 bridgehead atoms. The zero-order valence-electron chi connectivity index (χ0n) is 14.3. The highest BCUT2D eigenvalue weighted by molar-refractivity contribution is 7.70. The van der Waals surface area contributed by atoms with Gasteiger partial charge in [0.1, 0.15) is 0 Å². The molecule has 9 heteroatoms. The van der Waals surface area contributed by atoms with E-state index in [-0.39, 0.29) is 6.40 Å². The van der Waals surface area contributed by atoms with Gasteiger partial charge in [0.15, 0.2) is 0 Å². The summed E-state index contributed by atoms with van der Waals surface area (Å²) in [6.07, 6.45) is 6.70. The van der Waals surface area contributed by atoms with E-state index >= 15 is 0 Å². The Morgan fingerprint density at radius 3 is 1.10 bits per heavy atom. The summed E-state index contributed by atoms with van der Waals surface area (Å²) in [5.41, 5.74) is 0. The first-order valence-electron chi connectivity index (χ1n) is 8.23. The highest BCUT2D eigenvalue weighted by Crippen LogP contribution is 2.60. The monoisotopic (exact) mass is 391 g/mol. The van der Waals surface area contributed by atoms with Crippen LogP contribution >= 0.6 is 48.5 Å². The second kappa shape index (κ2) is 7.56. The third kappa shape index (κ3) is 3.07. The van der Waals surface area contributed by atoms with Crippen molar-refractivity contribution in [1.29, 1.82) is 0 Å². The number of nitrogens with zero attached hydrogens (tertiary/aromatic N) is 2. The van der Waals surface area contributed by atoms with Crippen LogP contribution in [-0.2, 0) is 0 Å². The fourth-order valence-electron chi connectivity index (χ4n) is 3.78. The largest absolute Gasteiger partial charge is 0.845 e. The third-order valence-electron chi connectivity index (χ3n) is 5.58. The summed E-state index contributed by atoms with van der Waals surface area (Å²) in [5.74, 6) is 0. The second-order valence-electron chi connectivity index (χ2n) is 5.75. The molecule has 0 aromatic heterocycles. The third-order valence-corrected chi connectivity index (χ3v) is 17.8. The number of halogens is 3. The first kappa shape index (κ1) is 20.5. The normalized spacial score (nSPS) is 19.0. The lowest BCUT2D eigenvalue weighted by Crippen LogP contribution is -2.70. The molecular formula is C12H30B2Cl3N2P2+. The predicted octanol–water partition coefficient (Wildman–Crippen LogP) is 5.68. The minimum absolute atomic E-state index is 0.110. The molecule has 124 valence electrons. The van der Waals surface area contributed by atoms with Crippen molar-refractivity contribution in [2.24, 2.45) is 0 Å². The number of hydrogen-bond donors (Lipinski definition) is 0. The van der Waals surface area contributed by atoms with E-state index in [1.165, 1.54) is 0 Å². The zero-order valence-corrected chi connectivity index (χ0v) is 18.4. The average Bonchev–Trinajstić information content (AvgIpc) is 2.49.